The summed E-state index contributed by atoms with van der Waals surface area (Å²) in [4.78, 5) is 18.5. The SMILES string of the molecule is CN1Cc2ccc(-c3ncc(F)cc3-c3cnn(CC4(C)CCCC4)c3)cc2C1=O. The van der Waals surface area contributed by atoms with E-state index in [4.69, 9.17) is 0 Å². The molecule has 30 heavy (non-hydrogen) atoms. The van der Waals surface area contributed by atoms with Crippen LogP contribution in [0.25, 0.3) is 22.4 Å². The smallest absolute Gasteiger partial charge is 0.254 e. The molecule has 1 saturated carbocycles. The number of aromatic nitrogens is 3. The topological polar surface area (TPSA) is 51.0 Å². The number of hydrogen-bond donors (Lipinski definition) is 0. The van der Waals surface area contributed by atoms with E-state index in [1.165, 1.54) is 37.9 Å². The fourth-order valence-electron chi connectivity index (χ4n) is 4.85. The predicted octanol–water partition coefficient (Wildman–Crippen LogP) is 4.92. The number of benzene rings is 1. The van der Waals surface area contributed by atoms with Gasteiger partial charge >= 0.3 is 0 Å². The van der Waals surface area contributed by atoms with Crippen molar-refractivity contribution < 1.29 is 9.18 Å². The molecule has 1 aromatic carbocycles. The number of rotatable bonds is 4. The Balaban J connectivity index is 1.52. The zero-order chi connectivity index (χ0) is 20.9. The molecule has 1 fully saturated rings. The van der Waals surface area contributed by atoms with Crippen molar-refractivity contribution in [2.75, 3.05) is 7.05 Å². The van der Waals surface area contributed by atoms with Gasteiger partial charge in [-0.25, -0.2) is 4.39 Å². The van der Waals surface area contributed by atoms with E-state index in [-0.39, 0.29) is 17.1 Å². The molecule has 1 aliphatic carbocycles. The highest BCUT2D eigenvalue weighted by molar-refractivity contribution is 5.99. The number of hydrogen-bond acceptors (Lipinski definition) is 3. The van der Waals surface area contributed by atoms with Gasteiger partial charge in [-0.3, -0.25) is 14.5 Å². The molecule has 6 heteroatoms. The number of halogens is 1. The molecule has 2 aromatic heterocycles. The van der Waals surface area contributed by atoms with Crippen LogP contribution < -0.4 is 0 Å². The molecule has 0 saturated heterocycles. The number of carbonyl (C=O) groups is 1. The van der Waals surface area contributed by atoms with Crippen LogP contribution in [0.2, 0.25) is 0 Å². The average molecular weight is 404 g/mol. The van der Waals surface area contributed by atoms with Gasteiger partial charge in [0, 0.05) is 48.6 Å². The highest BCUT2D eigenvalue weighted by Gasteiger charge is 2.29. The van der Waals surface area contributed by atoms with Crippen LogP contribution >= 0.6 is 0 Å². The molecule has 154 valence electrons. The lowest BCUT2D eigenvalue weighted by molar-refractivity contribution is 0.0816. The van der Waals surface area contributed by atoms with Crippen molar-refractivity contribution in [3.63, 3.8) is 0 Å². The van der Waals surface area contributed by atoms with Crippen molar-refractivity contribution in [2.45, 2.75) is 45.7 Å². The highest BCUT2D eigenvalue weighted by Crippen LogP contribution is 2.39. The van der Waals surface area contributed by atoms with E-state index in [0.717, 1.165) is 23.2 Å². The molecule has 0 unspecified atom stereocenters. The lowest BCUT2D eigenvalue weighted by atomic mass is 9.89. The van der Waals surface area contributed by atoms with Gasteiger partial charge in [0.1, 0.15) is 5.82 Å². The number of nitrogens with zero attached hydrogens (tertiary/aromatic N) is 4. The molecular formula is C24H25FN4O. The van der Waals surface area contributed by atoms with E-state index in [1.54, 1.807) is 18.1 Å². The van der Waals surface area contributed by atoms with Crippen LogP contribution in [-0.2, 0) is 13.1 Å². The molecule has 0 atom stereocenters. The summed E-state index contributed by atoms with van der Waals surface area (Å²) in [6.45, 7) is 3.80. The summed E-state index contributed by atoms with van der Waals surface area (Å²) in [6.07, 6.45) is 9.97. The van der Waals surface area contributed by atoms with Crippen molar-refractivity contribution in [3.8, 4) is 22.4 Å². The first kappa shape index (κ1) is 19.0. The minimum atomic E-state index is -0.388. The number of carbonyl (C=O) groups excluding carboxylic acids is 1. The Kier molecular flexibility index (Phi) is 4.45. The predicted molar refractivity (Wildman–Crippen MR) is 113 cm³/mol. The first-order valence-electron chi connectivity index (χ1n) is 10.5. The molecule has 2 aliphatic rings. The molecule has 0 bridgehead atoms. The zero-order valence-electron chi connectivity index (χ0n) is 17.4. The minimum Gasteiger partial charge on any atom is -0.337 e. The van der Waals surface area contributed by atoms with Crippen LogP contribution in [0.4, 0.5) is 4.39 Å². The Bertz CT molecular complexity index is 1130. The van der Waals surface area contributed by atoms with E-state index in [2.05, 4.69) is 17.0 Å². The Morgan fingerprint density at radius 2 is 1.90 bits per heavy atom. The first-order chi connectivity index (χ1) is 14.4. The summed E-state index contributed by atoms with van der Waals surface area (Å²) in [7, 11) is 1.79. The largest absolute Gasteiger partial charge is 0.337 e. The highest BCUT2D eigenvalue weighted by atomic mass is 19.1. The van der Waals surface area contributed by atoms with Gasteiger partial charge in [0.2, 0.25) is 0 Å². The van der Waals surface area contributed by atoms with E-state index in [9.17, 15) is 9.18 Å². The Labute approximate surface area is 175 Å². The molecule has 3 aromatic rings. The first-order valence-corrected chi connectivity index (χ1v) is 10.5. The monoisotopic (exact) mass is 404 g/mol. The Morgan fingerprint density at radius 1 is 1.10 bits per heavy atom. The van der Waals surface area contributed by atoms with Crippen molar-refractivity contribution in [2.24, 2.45) is 5.41 Å². The van der Waals surface area contributed by atoms with Gasteiger partial charge in [-0.1, -0.05) is 31.9 Å². The maximum absolute atomic E-state index is 14.1. The second-order valence-electron chi connectivity index (χ2n) is 9.03. The molecule has 1 aliphatic heterocycles. The molecule has 3 heterocycles. The lowest BCUT2D eigenvalue weighted by Gasteiger charge is -2.22. The molecule has 0 N–H and O–H groups in total. The number of fused-ring (bicyclic) bond motifs is 1. The van der Waals surface area contributed by atoms with Gasteiger partial charge < -0.3 is 4.90 Å². The molecule has 0 radical (unpaired) electrons. The number of pyridine rings is 1. The number of amides is 1. The van der Waals surface area contributed by atoms with Gasteiger partial charge in [0.05, 0.1) is 18.1 Å². The Morgan fingerprint density at radius 3 is 2.70 bits per heavy atom. The molecule has 5 rings (SSSR count). The van der Waals surface area contributed by atoms with E-state index >= 15 is 0 Å². The molecule has 0 spiro atoms. The summed E-state index contributed by atoms with van der Waals surface area (Å²) in [5.74, 6) is -0.380. The maximum Gasteiger partial charge on any atom is 0.254 e. The quantitative estimate of drug-likeness (QED) is 0.620. The molecule has 1 amide bonds. The van der Waals surface area contributed by atoms with Crippen molar-refractivity contribution in [1.29, 1.82) is 0 Å². The van der Waals surface area contributed by atoms with Crippen LogP contribution in [0.15, 0.2) is 42.9 Å². The second kappa shape index (κ2) is 7.04. The third-order valence-corrected chi connectivity index (χ3v) is 6.52. The zero-order valence-corrected chi connectivity index (χ0v) is 17.4. The summed E-state index contributed by atoms with van der Waals surface area (Å²) in [6, 6.07) is 7.29. The Hall–Kier alpha value is -3.02. The van der Waals surface area contributed by atoms with Crippen molar-refractivity contribution >= 4 is 5.91 Å². The van der Waals surface area contributed by atoms with E-state index < -0.39 is 0 Å². The van der Waals surface area contributed by atoms with Crippen LogP contribution in [0.3, 0.4) is 0 Å². The van der Waals surface area contributed by atoms with Crippen LogP contribution in [-0.4, -0.2) is 32.6 Å². The summed E-state index contributed by atoms with van der Waals surface area (Å²) in [5.41, 5.74) is 4.97. The third-order valence-electron chi connectivity index (χ3n) is 6.52. The maximum atomic E-state index is 14.1. The van der Waals surface area contributed by atoms with Gasteiger partial charge in [0.15, 0.2) is 0 Å². The van der Waals surface area contributed by atoms with Gasteiger partial charge in [-0.2, -0.15) is 5.10 Å². The third kappa shape index (κ3) is 3.30. The van der Waals surface area contributed by atoms with Gasteiger partial charge in [0.25, 0.3) is 5.91 Å². The fraction of sp³-hybridized carbons (Fsp3) is 0.375. The van der Waals surface area contributed by atoms with Gasteiger partial charge in [-0.15, -0.1) is 0 Å². The van der Waals surface area contributed by atoms with Crippen molar-refractivity contribution in [1.82, 2.24) is 19.7 Å². The standard InChI is InChI=1S/C24H25FN4O/c1-24(7-3-4-8-24)15-29-14-18(11-27-29)20-10-19(25)12-26-22(20)16-5-6-17-13-28(2)23(30)21(17)9-16/h5-6,9-12,14H,3-4,7-8,13,15H2,1-2H3. The molecule has 5 nitrogen and oxygen atoms in total. The van der Waals surface area contributed by atoms with E-state index in [0.29, 0.717) is 23.4 Å². The average Bonchev–Trinajstić information content (AvgIpc) is 3.43. The summed E-state index contributed by atoms with van der Waals surface area (Å²) >= 11 is 0. The lowest BCUT2D eigenvalue weighted by Crippen LogP contribution is -2.19. The normalized spacial score (nSPS) is 17.6. The van der Waals surface area contributed by atoms with E-state index in [1.807, 2.05) is 29.1 Å². The second-order valence-corrected chi connectivity index (χ2v) is 9.03. The molecular weight excluding hydrogens is 379 g/mol. The minimum absolute atomic E-state index is 0.00754. The van der Waals surface area contributed by atoms with Crippen LogP contribution in [0, 0.1) is 11.2 Å². The fourth-order valence-corrected chi connectivity index (χ4v) is 4.85. The van der Waals surface area contributed by atoms with Crippen molar-refractivity contribution in [3.05, 3.63) is 59.8 Å². The van der Waals surface area contributed by atoms with Crippen LogP contribution in [0.5, 0.6) is 0 Å². The summed E-state index contributed by atoms with van der Waals surface area (Å²) in [5, 5.41) is 4.55. The van der Waals surface area contributed by atoms with Gasteiger partial charge in [-0.05, 0) is 36.0 Å². The summed E-state index contributed by atoms with van der Waals surface area (Å²) < 4.78 is 16.1. The van der Waals surface area contributed by atoms with Crippen LogP contribution in [0.1, 0.15) is 48.5 Å².